The highest BCUT2D eigenvalue weighted by molar-refractivity contribution is 6.07. The summed E-state index contributed by atoms with van der Waals surface area (Å²) in [6.45, 7) is 0.928. The Labute approximate surface area is 157 Å². The molecule has 6 nitrogen and oxygen atoms in total. The number of carbonyl (C=O) groups excluding carboxylic acids is 2. The third-order valence-corrected chi connectivity index (χ3v) is 5.60. The van der Waals surface area contributed by atoms with Gasteiger partial charge >= 0.3 is 5.97 Å². The minimum absolute atomic E-state index is 0.0283. The standard InChI is InChI=1S/C21H22N2O4/c24-19-11-15(21(27)22-10-4-7-16(22)12-20(25)26)13-23(19)18-9-3-6-14-5-1-2-8-17(14)18/h1-3,5-6,8-9,15-16H,4,7,10-13H2,(H,25,26). The maximum atomic E-state index is 13.0. The van der Waals surface area contributed by atoms with Crippen molar-refractivity contribution in [2.75, 3.05) is 18.0 Å². The zero-order valence-electron chi connectivity index (χ0n) is 15.0. The van der Waals surface area contributed by atoms with E-state index < -0.39 is 11.9 Å². The number of hydrogen-bond acceptors (Lipinski definition) is 3. The molecule has 2 fully saturated rings. The van der Waals surface area contributed by atoms with E-state index in [4.69, 9.17) is 5.11 Å². The molecule has 0 bridgehead atoms. The van der Waals surface area contributed by atoms with Gasteiger partial charge in [-0.2, -0.15) is 0 Å². The second-order valence-corrected chi connectivity index (χ2v) is 7.33. The van der Waals surface area contributed by atoms with Crippen LogP contribution in [-0.2, 0) is 14.4 Å². The van der Waals surface area contributed by atoms with Crippen LogP contribution >= 0.6 is 0 Å². The summed E-state index contributed by atoms with van der Waals surface area (Å²) in [5.41, 5.74) is 0.830. The summed E-state index contributed by atoms with van der Waals surface area (Å²) >= 11 is 0. The molecule has 1 N–H and O–H groups in total. The molecular weight excluding hydrogens is 344 g/mol. The largest absolute Gasteiger partial charge is 0.481 e. The van der Waals surface area contributed by atoms with E-state index in [1.54, 1.807) is 9.80 Å². The Morgan fingerprint density at radius 1 is 1.11 bits per heavy atom. The average molecular weight is 366 g/mol. The highest BCUT2D eigenvalue weighted by Crippen LogP contribution is 2.33. The number of fused-ring (bicyclic) bond motifs is 1. The average Bonchev–Trinajstić information content (AvgIpc) is 3.27. The SMILES string of the molecule is O=C(O)CC1CCCN1C(=O)C1CC(=O)N(c2cccc3ccccc23)C1. The van der Waals surface area contributed by atoms with Crippen molar-refractivity contribution in [2.24, 2.45) is 5.92 Å². The molecule has 0 aliphatic carbocycles. The van der Waals surface area contributed by atoms with Crippen LogP contribution < -0.4 is 4.90 Å². The van der Waals surface area contributed by atoms with Gasteiger partial charge in [0.1, 0.15) is 0 Å². The summed E-state index contributed by atoms with van der Waals surface area (Å²) in [6, 6.07) is 13.5. The number of carboxylic acid groups (broad SMARTS) is 1. The maximum absolute atomic E-state index is 13.0. The van der Waals surface area contributed by atoms with Crippen LogP contribution in [0.4, 0.5) is 5.69 Å². The van der Waals surface area contributed by atoms with Gasteiger partial charge in [-0.1, -0.05) is 36.4 Å². The Bertz CT molecular complexity index is 905. The first-order valence-electron chi connectivity index (χ1n) is 9.35. The van der Waals surface area contributed by atoms with Crippen molar-refractivity contribution in [2.45, 2.75) is 31.7 Å². The van der Waals surface area contributed by atoms with Crippen molar-refractivity contribution in [3.8, 4) is 0 Å². The van der Waals surface area contributed by atoms with Crippen LogP contribution in [0.3, 0.4) is 0 Å². The van der Waals surface area contributed by atoms with Gasteiger partial charge in [-0.05, 0) is 24.3 Å². The quantitative estimate of drug-likeness (QED) is 0.902. The fourth-order valence-corrected chi connectivity index (χ4v) is 4.32. The Morgan fingerprint density at radius 3 is 2.70 bits per heavy atom. The van der Waals surface area contributed by atoms with Crippen molar-refractivity contribution in [1.29, 1.82) is 0 Å². The van der Waals surface area contributed by atoms with Crippen LogP contribution in [0.1, 0.15) is 25.7 Å². The third kappa shape index (κ3) is 3.27. The molecular formula is C21H22N2O4. The summed E-state index contributed by atoms with van der Waals surface area (Å²) in [5.74, 6) is -1.45. The van der Waals surface area contributed by atoms with Crippen molar-refractivity contribution in [3.63, 3.8) is 0 Å². The normalized spacial score (nSPS) is 22.6. The number of likely N-dealkylation sites (tertiary alicyclic amines) is 1. The van der Waals surface area contributed by atoms with Crippen LogP contribution in [0.2, 0.25) is 0 Å². The van der Waals surface area contributed by atoms with Crippen LogP contribution in [0.15, 0.2) is 42.5 Å². The Morgan fingerprint density at radius 2 is 1.89 bits per heavy atom. The summed E-state index contributed by atoms with van der Waals surface area (Å²) < 4.78 is 0. The first-order chi connectivity index (χ1) is 13.0. The van der Waals surface area contributed by atoms with E-state index >= 15 is 0 Å². The molecule has 0 radical (unpaired) electrons. The van der Waals surface area contributed by atoms with Crippen LogP contribution in [0.5, 0.6) is 0 Å². The lowest BCUT2D eigenvalue weighted by Gasteiger charge is -2.26. The fraction of sp³-hybridized carbons (Fsp3) is 0.381. The monoisotopic (exact) mass is 366 g/mol. The van der Waals surface area contributed by atoms with Gasteiger partial charge in [-0.25, -0.2) is 0 Å². The van der Waals surface area contributed by atoms with Crippen molar-refractivity contribution >= 4 is 34.2 Å². The summed E-state index contributed by atoms with van der Waals surface area (Å²) in [4.78, 5) is 40.1. The van der Waals surface area contributed by atoms with Crippen molar-refractivity contribution < 1.29 is 19.5 Å². The Balaban J connectivity index is 1.55. The molecule has 2 aromatic rings. The minimum atomic E-state index is -0.889. The van der Waals surface area contributed by atoms with E-state index in [9.17, 15) is 14.4 Å². The van der Waals surface area contributed by atoms with E-state index in [0.717, 1.165) is 22.9 Å². The summed E-state index contributed by atoms with van der Waals surface area (Å²) in [6.07, 6.45) is 1.68. The minimum Gasteiger partial charge on any atom is -0.481 e. The molecule has 2 atom stereocenters. The molecule has 0 spiro atoms. The number of nitrogens with zero attached hydrogens (tertiary/aromatic N) is 2. The molecule has 2 unspecified atom stereocenters. The maximum Gasteiger partial charge on any atom is 0.305 e. The third-order valence-electron chi connectivity index (χ3n) is 5.60. The number of hydrogen-bond donors (Lipinski definition) is 1. The number of carboxylic acids is 1. The Hall–Kier alpha value is -2.89. The molecule has 2 aromatic carbocycles. The number of amides is 2. The van der Waals surface area contributed by atoms with Gasteiger partial charge in [0.15, 0.2) is 0 Å². The number of aliphatic carboxylic acids is 1. The first kappa shape index (κ1) is 17.5. The van der Waals surface area contributed by atoms with Gasteiger partial charge in [0.2, 0.25) is 11.8 Å². The number of benzene rings is 2. The molecule has 27 heavy (non-hydrogen) atoms. The van der Waals surface area contributed by atoms with Gasteiger partial charge in [-0.3, -0.25) is 14.4 Å². The van der Waals surface area contributed by atoms with Crippen LogP contribution in [0, 0.1) is 5.92 Å². The lowest BCUT2D eigenvalue weighted by atomic mass is 10.1. The molecule has 140 valence electrons. The first-order valence-corrected chi connectivity index (χ1v) is 9.35. The van der Waals surface area contributed by atoms with E-state index in [0.29, 0.717) is 19.5 Å². The lowest BCUT2D eigenvalue weighted by Crippen LogP contribution is -2.41. The summed E-state index contributed by atoms with van der Waals surface area (Å²) in [7, 11) is 0. The van der Waals surface area contributed by atoms with E-state index in [1.165, 1.54) is 0 Å². The molecule has 2 aliphatic heterocycles. The van der Waals surface area contributed by atoms with E-state index in [-0.39, 0.29) is 30.7 Å². The predicted molar refractivity (Wildman–Crippen MR) is 101 cm³/mol. The molecule has 0 aromatic heterocycles. The van der Waals surface area contributed by atoms with Crippen LogP contribution in [-0.4, -0.2) is 46.9 Å². The fourth-order valence-electron chi connectivity index (χ4n) is 4.32. The van der Waals surface area contributed by atoms with Gasteiger partial charge < -0.3 is 14.9 Å². The Kier molecular flexibility index (Phi) is 4.56. The lowest BCUT2D eigenvalue weighted by molar-refractivity contribution is -0.141. The predicted octanol–water partition coefficient (Wildman–Crippen LogP) is 2.66. The zero-order valence-corrected chi connectivity index (χ0v) is 15.0. The molecule has 2 amide bonds. The van der Waals surface area contributed by atoms with Crippen molar-refractivity contribution in [3.05, 3.63) is 42.5 Å². The molecule has 6 heteroatoms. The highest BCUT2D eigenvalue weighted by atomic mass is 16.4. The molecule has 2 heterocycles. The van der Waals surface area contributed by atoms with Crippen LogP contribution in [0.25, 0.3) is 10.8 Å². The highest BCUT2D eigenvalue weighted by Gasteiger charge is 2.40. The van der Waals surface area contributed by atoms with Gasteiger partial charge in [0.25, 0.3) is 0 Å². The molecule has 4 rings (SSSR count). The van der Waals surface area contributed by atoms with E-state index in [1.807, 2.05) is 42.5 Å². The van der Waals surface area contributed by atoms with Gasteiger partial charge in [-0.15, -0.1) is 0 Å². The van der Waals surface area contributed by atoms with Gasteiger partial charge in [0.05, 0.1) is 18.0 Å². The number of rotatable bonds is 4. The molecule has 2 aliphatic rings. The second-order valence-electron chi connectivity index (χ2n) is 7.33. The smallest absolute Gasteiger partial charge is 0.305 e. The zero-order chi connectivity index (χ0) is 19.0. The number of carbonyl (C=O) groups is 3. The number of anilines is 1. The second kappa shape index (κ2) is 7.02. The van der Waals surface area contributed by atoms with E-state index in [2.05, 4.69) is 0 Å². The topological polar surface area (TPSA) is 77.9 Å². The molecule has 0 saturated carbocycles. The van der Waals surface area contributed by atoms with Gasteiger partial charge in [0, 0.05) is 30.9 Å². The summed E-state index contributed by atoms with van der Waals surface area (Å²) in [5, 5.41) is 11.1. The van der Waals surface area contributed by atoms with Crippen molar-refractivity contribution in [1.82, 2.24) is 4.90 Å². The molecule has 2 saturated heterocycles.